The van der Waals surface area contributed by atoms with Crippen molar-refractivity contribution in [2.75, 3.05) is 5.32 Å². The molecule has 0 radical (unpaired) electrons. The molecule has 2 aromatic heterocycles. The number of thiophene rings is 1. The number of anilines is 1. The average Bonchev–Trinajstić information content (AvgIpc) is 3.25. The molecule has 0 aliphatic rings. The van der Waals surface area contributed by atoms with Gasteiger partial charge in [0.25, 0.3) is 5.91 Å². The van der Waals surface area contributed by atoms with Gasteiger partial charge in [0.05, 0.1) is 11.4 Å². The lowest BCUT2D eigenvalue weighted by Gasteiger charge is -2.05. The molecular weight excluding hydrogens is 373 g/mol. The molecule has 2 heterocycles. The Hall–Kier alpha value is -2.70. The van der Waals surface area contributed by atoms with Crippen molar-refractivity contribution in [1.29, 1.82) is 0 Å². The van der Waals surface area contributed by atoms with E-state index in [2.05, 4.69) is 10.4 Å². The second-order valence-electron chi connectivity index (χ2n) is 5.70. The third-order valence-electron chi connectivity index (χ3n) is 3.92. The van der Waals surface area contributed by atoms with Crippen LogP contribution in [0.15, 0.2) is 60.0 Å². The first-order valence-corrected chi connectivity index (χ1v) is 9.12. The van der Waals surface area contributed by atoms with Gasteiger partial charge in [0.2, 0.25) is 0 Å². The fourth-order valence-electron chi connectivity index (χ4n) is 2.79. The number of hydrogen-bond acceptors (Lipinski definition) is 3. The highest BCUT2D eigenvalue weighted by Crippen LogP contribution is 2.27. The van der Waals surface area contributed by atoms with Crippen LogP contribution in [0.5, 0.6) is 0 Å². The zero-order valence-electron chi connectivity index (χ0n) is 13.4. The smallest absolute Gasteiger partial charge is 0.266 e. The number of halogens is 2. The van der Waals surface area contributed by atoms with Crippen LogP contribution in [0, 0.1) is 5.82 Å². The van der Waals surface area contributed by atoms with E-state index in [1.807, 2.05) is 17.5 Å². The highest BCUT2D eigenvalue weighted by Gasteiger charge is 2.17. The van der Waals surface area contributed by atoms with E-state index in [1.165, 1.54) is 17.4 Å². The van der Waals surface area contributed by atoms with E-state index < -0.39 is 5.82 Å². The summed E-state index contributed by atoms with van der Waals surface area (Å²) < 4.78 is 16.0. The van der Waals surface area contributed by atoms with Crippen LogP contribution in [0.2, 0.25) is 5.02 Å². The van der Waals surface area contributed by atoms with Gasteiger partial charge in [-0.15, -0.1) is 11.3 Å². The summed E-state index contributed by atoms with van der Waals surface area (Å²) in [6.45, 7) is 0.340. The number of para-hydroxylation sites is 1. The second-order valence-corrected chi connectivity index (χ2v) is 7.09. The Balaban J connectivity index is 1.75. The van der Waals surface area contributed by atoms with Crippen molar-refractivity contribution >= 4 is 45.6 Å². The molecule has 1 N–H and O–H groups in total. The molecule has 0 saturated carbocycles. The van der Waals surface area contributed by atoms with Crippen molar-refractivity contribution in [1.82, 2.24) is 9.78 Å². The van der Waals surface area contributed by atoms with E-state index in [9.17, 15) is 9.18 Å². The number of rotatable bonds is 4. The van der Waals surface area contributed by atoms with Gasteiger partial charge in [0.1, 0.15) is 11.3 Å². The molecule has 7 heteroatoms. The van der Waals surface area contributed by atoms with Crippen LogP contribution >= 0.6 is 22.9 Å². The van der Waals surface area contributed by atoms with E-state index >= 15 is 0 Å². The monoisotopic (exact) mass is 385 g/mol. The van der Waals surface area contributed by atoms with Crippen molar-refractivity contribution in [3.05, 3.63) is 81.3 Å². The molecule has 0 fully saturated rings. The van der Waals surface area contributed by atoms with Gasteiger partial charge in [-0.3, -0.25) is 9.48 Å². The summed E-state index contributed by atoms with van der Waals surface area (Å²) in [4.78, 5) is 12.9. The molecule has 0 atom stereocenters. The molecular formula is C19H13ClFN3OS. The first kappa shape index (κ1) is 16.8. The van der Waals surface area contributed by atoms with Gasteiger partial charge >= 0.3 is 0 Å². The Morgan fingerprint density at radius 3 is 2.81 bits per heavy atom. The van der Waals surface area contributed by atoms with Crippen LogP contribution in [-0.4, -0.2) is 15.7 Å². The SMILES string of the molecule is O=C(Nc1nn(Cc2cccc(Cl)c2)c2c(F)cccc12)c1cccs1. The van der Waals surface area contributed by atoms with E-state index in [4.69, 9.17) is 11.6 Å². The van der Waals surface area contributed by atoms with Crippen molar-refractivity contribution in [2.24, 2.45) is 0 Å². The molecule has 4 aromatic rings. The Morgan fingerprint density at radius 1 is 1.19 bits per heavy atom. The second kappa shape index (κ2) is 6.90. The average molecular weight is 386 g/mol. The molecule has 4 nitrogen and oxygen atoms in total. The van der Waals surface area contributed by atoms with Crippen molar-refractivity contribution in [3.63, 3.8) is 0 Å². The molecule has 0 saturated heterocycles. The summed E-state index contributed by atoms with van der Waals surface area (Å²) in [5, 5.41) is 10.2. The standard InChI is InChI=1S/C19H13ClFN3OS/c20-13-5-1-4-12(10-13)11-24-17-14(6-2-7-15(17)21)18(23-24)22-19(25)16-8-3-9-26-16/h1-10H,11H2,(H,22,23,25). The maximum absolute atomic E-state index is 14.5. The van der Waals surface area contributed by atoms with Crippen molar-refractivity contribution in [3.8, 4) is 0 Å². The lowest BCUT2D eigenvalue weighted by atomic mass is 10.2. The maximum atomic E-state index is 14.5. The summed E-state index contributed by atoms with van der Waals surface area (Å²) in [7, 11) is 0. The van der Waals surface area contributed by atoms with E-state index in [-0.39, 0.29) is 5.91 Å². The number of benzene rings is 2. The Kier molecular flexibility index (Phi) is 4.44. The van der Waals surface area contributed by atoms with Gasteiger partial charge in [-0.2, -0.15) is 5.10 Å². The molecule has 0 unspecified atom stereocenters. The molecule has 1 amide bonds. The van der Waals surface area contributed by atoms with Crippen molar-refractivity contribution < 1.29 is 9.18 Å². The molecule has 0 aliphatic heterocycles. The fraction of sp³-hybridized carbons (Fsp3) is 0.0526. The Labute approximate surface area is 157 Å². The highest BCUT2D eigenvalue weighted by atomic mass is 35.5. The van der Waals surface area contributed by atoms with Crippen LogP contribution in [0.1, 0.15) is 15.2 Å². The third-order valence-corrected chi connectivity index (χ3v) is 5.02. The minimum Gasteiger partial charge on any atom is -0.304 e. The molecule has 4 rings (SSSR count). The molecule has 130 valence electrons. The number of nitrogens with one attached hydrogen (secondary N) is 1. The summed E-state index contributed by atoms with van der Waals surface area (Å²) in [5.41, 5.74) is 1.23. The molecule has 26 heavy (non-hydrogen) atoms. The van der Waals surface area contributed by atoms with E-state index in [0.29, 0.717) is 33.2 Å². The topological polar surface area (TPSA) is 46.9 Å². The predicted octanol–water partition coefficient (Wildman–Crippen LogP) is 5.19. The van der Waals surface area contributed by atoms with Crippen LogP contribution < -0.4 is 5.32 Å². The number of nitrogens with zero attached hydrogens (tertiary/aromatic N) is 2. The van der Waals surface area contributed by atoms with Gasteiger partial charge in [-0.1, -0.05) is 35.9 Å². The zero-order chi connectivity index (χ0) is 18.1. The van der Waals surface area contributed by atoms with Gasteiger partial charge in [0, 0.05) is 10.4 Å². The van der Waals surface area contributed by atoms with Crippen LogP contribution in [-0.2, 0) is 6.54 Å². The van der Waals surface area contributed by atoms with Gasteiger partial charge < -0.3 is 5.32 Å². The first-order chi connectivity index (χ1) is 12.6. The zero-order valence-corrected chi connectivity index (χ0v) is 15.0. The molecule has 0 spiro atoms. The fourth-order valence-corrected chi connectivity index (χ4v) is 3.62. The maximum Gasteiger partial charge on any atom is 0.266 e. The Morgan fingerprint density at radius 2 is 2.04 bits per heavy atom. The summed E-state index contributed by atoms with van der Waals surface area (Å²) in [5.74, 6) is -0.327. The lowest BCUT2D eigenvalue weighted by molar-refractivity contribution is 0.103. The van der Waals surface area contributed by atoms with Crippen LogP contribution in [0.25, 0.3) is 10.9 Å². The third kappa shape index (κ3) is 3.21. The van der Waals surface area contributed by atoms with E-state index in [0.717, 1.165) is 5.56 Å². The number of fused-ring (bicyclic) bond motifs is 1. The number of aromatic nitrogens is 2. The lowest BCUT2D eigenvalue weighted by Crippen LogP contribution is -2.11. The van der Waals surface area contributed by atoms with Crippen molar-refractivity contribution in [2.45, 2.75) is 6.54 Å². The highest BCUT2D eigenvalue weighted by molar-refractivity contribution is 7.12. The molecule has 2 aromatic carbocycles. The summed E-state index contributed by atoms with van der Waals surface area (Å²) in [6, 6.07) is 15.6. The number of carbonyl (C=O) groups is 1. The van der Waals surface area contributed by atoms with Crippen LogP contribution in [0.3, 0.4) is 0 Å². The minimum atomic E-state index is -0.395. The summed E-state index contributed by atoms with van der Waals surface area (Å²) >= 11 is 7.37. The predicted molar refractivity (Wildman–Crippen MR) is 103 cm³/mol. The van der Waals surface area contributed by atoms with Gasteiger partial charge in [-0.25, -0.2) is 4.39 Å². The first-order valence-electron chi connectivity index (χ1n) is 7.86. The van der Waals surface area contributed by atoms with Gasteiger partial charge in [0.15, 0.2) is 5.82 Å². The minimum absolute atomic E-state index is 0.265. The normalized spacial score (nSPS) is 11.0. The number of amides is 1. The Bertz CT molecular complexity index is 1090. The number of carbonyl (C=O) groups excluding carboxylic acids is 1. The van der Waals surface area contributed by atoms with E-state index in [1.54, 1.807) is 41.1 Å². The van der Waals surface area contributed by atoms with Crippen LogP contribution in [0.4, 0.5) is 10.2 Å². The molecule has 0 aliphatic carbocycles. The quantitative estimate of drug-likeness (QED) is 0.525. The molecule has 0 bridgehead atoms. The largest absolute Gasteiger partial charge is 0.304 e. The van der Waals surface area contributed by atoms with Gasteiger partial charge in [-0.05, 0) is 41.3 Å². The summed E-state index contributed by atoms with van der Waals surface area (Å²) in [6.07, 6.45) is 0. The number of hydrogen-bond donors (Lipinski definition) is 1.